The van der Waals surface area contributed by atoms with Crippen molar-refractivity contribution in [2.45, 2.75) is 0 Å². The molecule has 2 heterocycles. The fourth-order valence-electron chi connectivity index (χ4n) is 7.45. The van der Waals surface area contributed by atoms with Crippen LogP contribution in [0.2, 0.25) is 0 Å². The van der Waals surface area contributed by atoms with E-state index in [0.717, 1.165) is 27.7 Å². The first-order valence-electron chi connectivity index (χ1n) is 15.7. The van der Waals surface area contributed by atoms with E-state index in [1.165, 1.54) is 69.4 Å². The Kier molecular flexibility index (Phi) is 5.51. The van der Waals surface area contributed by atoms with E-state index in [-0.39, 0.29) is 0 Å². The van der Waals surface area contributed by atoms with Gasteiger partial charge in [-0.3, -0.25) is 0 Å². The van der Waals surface area contributed by atoms with Gasteiger partial charge < -0.3 is 4.42 Å². The average molecular weight is 603 g/mol. The van der Waals surface area contributed by atoms with Crippen LogP contribution >= 0.6 is 11.3 Å². The molecule has 214 valence electrons. The Morgan fingerprint density at radius 1 is 0.391 bits per heavy atom. The minimum atomic E-state index is 0.909. The number of para-hydroxylation sites is 1. The Balaban J connectivity index is 1.29. The minimum Gasteiger partial charge on any atom is -0.455 e. The second-order valence-electron chi connectivity index (χ2n) is 12.0. The van der Waals surface area contributed by atoms with Gasteiger partial charge in [0.2, 0.25) is 0 Å². The Hall–Kier alpha value is -5.70. The zero-order chi connectivity index (χ0) is 30.2. The predicted molar refractivity (Wildman–Crippen MR) is 198 cm³/mol. The Morgan fingerprint density at radius 3 is 1.83 bits per heavy atom. The fraction of sp³-hybridized carbons (Fsp3) is 0. The summed E-state index contributed by atoms with van der Waals surface area (Å²) in [6.45, 7) is 0. The number of rotatable bonds is 3. The molecular formula is C44H26OS. The summed E-state index contributed by atoms with van der Waals surface area (Å²) < 4.78 is 9.48. The monoisotopic (exact) mass is 602 g/mol. The fourth-order valence-corrected chi connectivity index (χ4v) is 8.67. The molecule has 0 aliphatic rings. The van der Waals surface area contributed by atoms with Gasteiger partial charge in [-0.05, 0) is 50.4 Å². The third-order valence-corrected chi connectivity index (χ3v) is 10.7. The molecule has 0 atom stereocenters. The Morgan fingerprint density at radius 2 is 0.978 bits per heavy atom. The Labute approximate surface area is 269 Å². The first-order valence-corrected chi connectivity index (χ1v) is 16.5. The summed E-state index contributed by atoms with van der Waals surface area (Å²) in [5.41, 5.74) is 9.08. The summed E-state index contributed by atoms with van der Waals surface area (Å²) >= 11 is 1.88. The van der Waals surface area contributed by atoms with Crippen molar-refractivity contribution in [2.24, 2.45) is 0 Å². The van der Waals surface area contributed by atoms with Gasteiger partial charge in [-0.15, -0.1) is 11.3 Å². The van der Waals surface area contributed by atoms with Crippen LogP contribution in [0.3, 0.4) is 0 Å². The number of furan rings is 1. The quantitative estimate of drug-likeness (QED) is 0.196. The van der Waals surface area contributed by atoms with E-state index in [1.54, 1.807) is 0 Å². The molecule has 0 unspecified atom stereocenters. The van der Waals surface area contributed by atoms with E-state index in [2.05, 4.69) is 158 Å². The van der Waals surface area contributed by atoms with Gasteiger partial charge >= 0.3 is 0 Å². The predicted octanol–water partition coefficient (Wildman–Crippen LogP) is 13.3. The summed E-state index contributed by atoms with van der Waals surface area (Å²) in [5, 5.41) is 9.88. The molecule has 8 aromatic carbocycles. The van der Waals surface area contributed by atoms with Crippen molar-refractivity contribution in [3.63, 3.8) is 0 Å². The van der Waals surface area contributed by atoms with E-state index in [1.807, 2.05) is 11.3 Å². The number of fused-ring (bicyclic) bond motifs is 8. The normalized spacial score (nSPS) is 11.9. The maximum absolute atomic E-state index is 6.86. The van der Waals surface area contributed by atoms with Crippen LogP contribution in [-0.4, -0.2) is 0 Å². The van der Waals surface area contributed by atoms with Crippen LogP contribution in [0.4, 0.5) is 0 Å². The third-order valence-electron chi connectivity index (χ3n) is 9.49. The molecule has 46 heavy (non-hydrogen) atoms. The van der Waals surface area contributed by atoms with Crippen LogP contribution in [0.1, 0.15) is 0 Å². The van der Waals surface area contributed by atoms with Gasteiger partial charge in [-0.25, -0.2) is 0 Å². The lowest BCUT2D eigenvalue weighted by Gasteiger charge is -2.16. The van der Waals surface area contributed by atoms with Gasteiger partial charge in [0, 0.05) is 47.6 Å². The molecule has 10 rings (SSSR count). The highest BCUT2D eigenvalue weighted by atomic mass is 32.1. The lowest BCUT2D eigenvalue weighted by molar-refractivity contribution is 0.670. The molecule has 0 saturated heterocycles. The summed E-state index contributed by atoms with van der Waals surface area (Å²) in [6.07, 6.45) is 0. The summed E-state index contributed by atoms with van der Waals surface area (Å²) in [5.74, 6) is 0. The van der Waals surface area contributed by atoms with E-state index in [4.69, 9.17) is 4.42 Å². The molecule has 0 spiro atoms. The van der Waals surface area contributed by atoms with Crippen molar-refractivity contribution in [1.82, 2.24) is 0 Å². The van der Waals surface area contributed by atoms with Crippen LogP contribution < -0.4 is 0 Å². The van der Waals surface area contributed by atoms with Crippen molar-refractivity contribution in [3.8, 4) is 33.4 Å². The van der Waals surface area contributed by atoms with Crippen molar-refractivity contribution >= 4 is 75.0 Å². The minimum absolute atomic E-state index is 0.909. The lowest BCUT2D eigenvalue weighted by atomic mass is 9.87. The molecule has 0 bridgehead atoms. The van der Waals surface area contributed by atoms with Gasteiger partial charge in [0.1, 0.15) is 11.2 Å². The van der Waals surface area contributed by atoms with E-state index in [9.17, 15) is 0 Å². The highest BCUT2D eigenvalue weighted by Gasteiger charge is 2.24. The van der Waals surface area contributed by atoms with Gasteiger partial charge in [0.15, 0.2) is 0 Å². The molecule has 0 amide bonds. The average Bonchev–Trinajstić information content (AvgIpc) is 3.69. The summed E-state index contributed by atoms with van der Waals surface area (Å²) in [7, 11) is 0. The molecule has 0 saturated carbocycles. The van der Waals surface area contributed by atoms with Gasteiger partial charge in [0.05, 0.1) is 0 Å². The second kappa shape index (κ2) is 9.90. The molecule has 0 aliphatic heterocycles. The SMILES string of the molecule is c1ccc2c(-c3ccc(-c4c5ccccc5c(-c5cccc6c5sc5ccccc56)c5c4oc4ccccc45)cc3)cccc2c1. The summed E-state index contributed by atoms with van der Waals surface area (Å²) in [6, 6.07) is 57.0. The molecule has 2 heteroatoms. The highest BCUT2D eigenvalue weighted by Crippen LogP contribution is 2.50. The van der Waals surface area contributed by atoms with Crippen molar-refractivity contribution in [2.75, 3.05) is 0 Å². The maximum atomic E-state index is 6.86. The zero-order valence-electron chi connectivity index (χ0n) is 24.8. The molecule has 10 aromatic rings. The van der Waals surface area contributed by atoms with Crippen LogP contribution in [0, 0.1) is 0 Å². The third kappa shape index (κ3) is 3.68. The first kappa shape index (κ1) is 25.6. The topological polar surface area (TPSA) is 13.1 Å². The van der Waals surface area contributed by atoms with Crippen molar-refractivity contribution in [1.29, 1.82) is 0 Å². The van der Waals surface area contributed by atoms with Crippen molar-refractivity contribution < 1.29 is 4.42 Å². The smallest absolute Gasteiger partial charge is 0.144 e. The standard InChI is InChI=1S/C44H26OS/c1-2-13-30-27(11-1)12-9-18-31(30)28-23-25-29(26-24-28)40-33-15-3-4-16-34(33)41(42-36-17-5-7-21-38(36)45-43(40)42)37-20-10-19-35-32-14-6-8-22-39(32)46-44(35)37/h1-26H. The molecule has 0 N–H and O–H groups in total. The van der Waals surface area contributed by atoms with E-state index >= 15 is 0 Å². The molecule has 0 radical (unpaired) electrons. The van der Waals surface area contributed by atoms with E-state index < -0.39 is 0 Å². The number of hydrogen-bond donors (Lipinski definition) is 0. The van der Waals surface area contributed by atoms with Crippen molar-refractivity contribution in [3.05, 3.63) is 158 Å². The molecule has 2 aromatic heterocycles. The van der Waals surface area contributed by atoms with Gasteiger partial charge in [-0.2, -0.15) is 0 Å². The van der Waals surface area contributed by atoms with E-state index in [0.29, 0.717) is 0 Å². The molecule has 0 fully saturated rings. The molecular weight excluding hydrogens is 577 g/mol. The van der Waals surface area contributed by atoms with Gasteiger partial charge in [-0.1, -0.05) is 146 Å². The number of benzene rings is 8. The van der Waals surface area contributed by atoms with Gasteiger partial charge in [0.25, 0.3) is 0 Å². The maximum Gasteiger partial charge on any atom is 0.144 e. The summed E-state index contributed by atoms with van der Waals surface area (Å²) in [4.78, 5) is 0. The van der Waals surface area contributed by atoms with Crippen LogP contribution in [0.15, 0.2) is 162 Å². The lowest BCUT2D eigenvalue weighted by Crippen LogP contribution is -1.90. The zero-order valence-corrected chi connectivity index (χ0v) is 25.6. The van der Waals surface area contributed by atoms with Crippen LogP contribution in [0.5, 0.6) is 0 Å². The molecule has 0 aliphatic carbocycles. The van der Waals surface area contributed by atoms with Crippen LogP contribution in [-0.2, 0) is 0 Å². The molecule has 1 nitrogen and oxygen atoms in total. The highest BCUT2D eigenvalue weighted by molar-refractivity contribution is 7.26. The first-order chi connectivity index (χ1) is 22.8. The van der Waals surface area contributed by atoms with Crippen LogP contribution in [0.25, 0.3) is 97.0 Å². The largest absolute Gasteiger partial charge is 0.455 e. The Bertz CT molecular complexity index is 2790. The number of hydrogen-bond acceptors (Lipinski definition) is 2. The number of thiophene rings is 1. The second-order valence-corrected chi connectivity index (χ2v) is 13.0.